The highest BCUT2D eigenvalue weighted by atomic mass is 32.1. The van der Waals surface area contributed by atoms with E-state index in [9.17, 15) is 18.0 Å². The van der Waals surface area contributed by atoms with Gasteiger partial charge >= 0.3 is 12.1 Å². The van der Waals surface area contributed by atoms with Crippen LogP contribution in [0.4, 0.5) is 18.2 Å². The summed E-state index contributed by atoms with van der Waals surface area (Å²) in [4.78, 5) is 11.6. The van der Waals surface area contributed by atoms with Crippen LogP contribution in [0.1, 0.15) is 15.9 Å². The molecule has 0 spiro atoms. The largest absolute Gasteiger partial charge is 0.423 e. The highest BCUT2D eigenvalue weighted by Crippen LogP contribution is 2.30. The minimum absolute atomic E-state index is 0.00333. The Balaban J connectivity index is 2.12. The second-order valence-electron chi connectivity index (χ2n) is 3.52. The van der Waals surface area contributed by atoms with E-state index in [-0.39, 0.29) is 16.3 Å². The van der Waals surface area contributed by atoms with Gasteiger partial charge in [0.2, 0.25) is 0 Å². The van der Waals surface area contributed by atoms with Crippen LogP contribution < -0.4 is 10.5 Å². The summed E-state index contributed by atoms with van der Waals surface area (Å²) in [5, 5.41) is 0.192. The Morgan fingerprint density at radius 3 is 2.37 bits per heavy atom. The molecule has 1 heterocycles. The average Bonchev–Trinajstić information content (AvgIpc) is 2.75. The number of carbonyl (C=O) groups is 1. The molecule has 0 amide bonds. The molecule has 2 rings (SSSR count). The Hall–Kier alpha value is -2.09. The van der Waals surface area contributed by atoms with E-state index in [1.165, 1.54) is 6.20 Å². The fraction of sp³-hybridized carbons (Fsp3) is 0.0909. The predicted molar refractivity (Wildman–Crippen MR) is 62.9 cm³/mol. The number of carbonyl (C=O) groups excluding carboxylic acids is 1. The van der Waals surface area contributed by atoms with Gasteiger partial charge in [-0.05, 0) is 35.8 Å². The number of halogens is 3. The first kappa shape index (κ1) is 13.3. The number of rotatable bonds is 2. The third-order valence-corrected chi connectivity index (χ3v) is 2.84. The van der Waals surface area contributed by atoms with E-state index < -0.39 is 17.7 Å². The first-order valence-corrected chi connectivity index (χ1v) is 5.75. The Morgan fingerprint density at radius 1 is 1.26 bits per heavy atom. The molecule has 19 heavy (non-hydrogen) atoms. The molecule has 2 aromatic rings. The lowest BCUT2D eigenvalue weighted by Crippen LogP contribution is -2.10. The molecule has 100 valence electrons. The van der Waals surface area contributed by atoms with Gasteiger partial charge < -0.3 is 10.5 Å². The van der Waals surface area contributed by atoms with Crippen molar-refractivity contribution in [2.75, 3.05) is 5.73 Å². The summed E-state index contributed by atoms with van der Waals surface area (Å²) in [5.41, 5.74) is 4.75. The van der Waals surface area contributed by atoms with Crippen molar-refractivity contribution in [2.45, 2.75) is 6.18 Å². The molecule has 0 bridgehead atoms. The van der Waals surface area contributed by atoms with E-state index in [2.05, 4.69) is 4.37 Å². The molecular weight excluding hydrogens is 281 g/mol. The summed E-state index contributed by atoms with van der Waals surface area (Å²) in [7, 11) is 0. The molecule has 0 fully saturated rings. The number of aromatic nitrogens is 1. The van der Waals surface area contributed by atoms with Crippen molar-refractivity contribution < 1.29 is 22.7 Å². The molecule has 0 radical (unpaired) electrons. The molecule has 0 aliphatic rings. The fourth-order valence-electron chi connectivity index (χ4n) is 1.28. The molecule has 2 N–H and O–H groups in total. The van der Waals surface area contributed by atoms with Gasteiger partial charge in [0.05, 0.1) is 11.8 Å². The lowest BCUT2D eigenvalue weighted by molar-refractivity contribution is -0.137. The van der Waals surface area contributed by atoms with Crippen LogP contribution in [0, 0.1) is 0 Å². The minimum Gasteiger partial charge on any atom is -0.423 e. The molecule has 0 saturated carbocycles. The summed E-state index contributed by atoms with van der Waals surface area (Å²) in [6.07, 6.45) is -3.18. The Labute approximate surface area is 109 Å². The standard InChI is InChI=1S/C11H7F3N2O2S/c12-11(13,14)6-1-3-7(4-2-6)18-10(17)8-5-16-19-9(8)15/h1-5H,15H2. The molecular formula is C11H7F3N2O2S. The summed E-state index contributed by atoms with van der Waals surface area (Å²) in [5.74, 6) is -0.755. The van der Waals surface area contributed by atoms with Gasteiger partial charge in [0.15, 0.2) is 0 Å². The number of hydrogen-bond donors (Lipinski definition) is 1. The molecule has 1 aromatic carbocycles. The maximum Gasteiger partial charge on any atom is 0.416 e. The molecule has 0 atom stereocenters. The Kier molecular flexibility index (Phi) is 3.43. The molecule has 8 heteroatoms. The van der Waals surface area contributed by atoms with Crippen LogP contribution in [-0.4, -0.2) is 10.3 Å². The highest BCUT2D eigenvalue weighted by molar-refractivity contribution is 7.10. The number of alkyl halides is 3. The zero-order chi connectivity index (χ0) is 14.0. The van der Waals surface area contributed by atoms with Gasteiger partial charge in [0.1, 0.15) is 16.3 Å². The van der Waals surface area contributed by atoms with Crippen molar-refractivity contribution >= 4 is 22.5 Å². The maximum absolute atomic E-state index is 12.3. The second kappa shape index (κ2) is 4.88. The zero-order valence-electron chi connectivity index (χ0n) is 9.27. The van der Waals surface area contributed by atoms with Gasteiger partial charge in [0, 0.05) is 0 Å². The van der Waals surface area contributed by atoms with Crippen molar-refractivity contribution in [1.29, 1.82) is 0 Å². The molecule has 0 unspecified atom stereocenters. The van der Waals surface area contributed by atoms with Crippen LogP contribution in [0.5, 0.6) is 5.75 Å². The molecule has 0 aliphatic heterocycles. The Bertz CT molecular complexity index is 593. The van der Waals surface area contributed by atoms with Crippen LogP contribution in [0.2, 0.25) is 0 Å². The van der Waals surface area contributed by atoms with E-state index in [0.29, 0.717) is 0 Å². The third-order valence-electron chi connectivity index (χ3n) is 2.21. The number of esters is 1. The first-order valence-electron chi connectivity index (χ1n) is 4.97. The van der Waals surface area contributed by atoms with Crippen molar-refractivity contribution in [3.05, 3.63) is 41.6 Å². The lowest BCUT2D eigenvalue weighted by Gasteiger charge is -2.07. The van der Waals surface area contributed by atoms with Gasteiger partial charge in [0.25, 0.3) is 0 Å². The SMILES string of the molecule is Nc1sncc1C(=O)Oc1ccc(C(F)(F)F)cc1. The summed E-state index contributed by atoms with van der Waals surface area (Å²) < 4.78 is 45.6. The van der Waals surface area contributed by atoms with Gasteiger partial charge in [-0.25, -0.2) is 4.79 Å². The average molecular weight is 288 g/mol. The minimum atomic E-state index is -4.43. The van der Waals surface area contributed by atoms with Crippen LogP contribution >= 0.6 is 11.5 Å². The third kappa shape index (κ3) is 3.02. The topological polar surface area (TPSA) is 65.2 Å². The van der Waals surface area contributed by atoms with Gasteiger partial charge in [-0.15, -0.1) is 0 Å². The monoisotopic (exact) mass is 288 g/mol. The van der Waals surface area contributed by atoms with E-state index >= 15 is 0 Å². The van der Waals surface area contributed by atoms with E-state index in [4.69, 9.17) is 10.5 Å². The summed E-state index contributed by atoms with van der Waals surface area (Å²) >= 11 is 0.927. The van der Waals surface area contributed by atoms with E-state index in [1.54, 1.807) is 0 Å². The normalized spacial score (nSPS) is 11.3. The van der Waals surface area contributed by atoms with Crippen molar-refractivity contribution in [3.8, 4) is 5.75 Å². The number of anilines is 1. The number of nitrogen functional groups attached to an aromatic ring is 1. The predicted octanol–water partition coefficient (Wildman–Crippen LogP) is 2.96. The highest BCUT2D eigenvalue weighted by Gasteiger charge is 2.30. The smallest absolute Gasteiger partial charge is 0.416 e. The molecule has 0 saturated heterocycles. The number of benzene rings is 1. The zero-order valence-corrected chi connectivity index (χ0v) is 10.1. The van der Waals surface area contributed by atoms with Crippen LogP contribution in [0.15, 0.2) is 30.5 Å². The number of hydrogen-bond acceptors (Lipinski definition) is 5. The van der Waals surface area contributed by atoms with E-state index in [0.717, 1.165) is 35.8 Å². The fourth-order valence-corrected chi connectivity index (χ4v) is 1.78. The molecule has 0 aliphatic carbocycles. The van der Waals surface area contributed by atoms with Crippen molar-refractivity contribution in [3.63, 3.8) is 0 Å². The molecule has 1 aromatic heterocycles. The quantitative estimate of drug-likeness (QED) is 0.681. The van der Waals surface area contributed by atoms with Crippen molar-refractivity contribution in [2.24, 2.45) is 0 Å². The van der Waals surface area contributed by atoms with Crippen LogP contribution in [0.25, 0.3) is 0 Å². The molecule has 4 nitrogen and oxygen atoms in total. The van der Waals surface area contributed by atoms with Crippen LogP contribution in [0.3, 0.4) is 0 Å². The lowest BCUT2D eigenvalue weighted by atomic mass is 10.2. The number of ether oxygens (including phenoxy) is 1. The number of nitrogens with zero attached hydrogens (tertiary/aromatic N) is 1. The number of nitrogens with two attached hydrogens (primary N) is 1. The van der Waals surface area contributed by atoms with Crippen molar-refractivity contribution in [1.82, 2.24) is 4.37 Å². The summed E-state index contributed by atoms with van der Waals surface area (Å²) in [6.45, 7) is 0. The Morgan fingerprint density at radius 2 is 1.89 bits per heavy atom. The van der Waals surface area contributed by atoms with Gasteiger partial charge in [-0.3, -0.25) is 0 Å². The van der Waals surface area contributed by atoms with Gasteiger partial charge in [-0.2, -0.15) is 17.5 Å². The van der Waals surface area contributed by atoms with Crippen LogP contribution in [-0.2, 0) is 6.18 Å². The second-order valence-corrected chi connectivity index (χ2v) is 4.35. The first-order chi connectivity index (χ1) is 8.88. The van der Waals surface area contributed by atoms with E-state index in [1.807, 2.05) is 0 Å². The van der Waals surface area contributed by atoms with Gasteiger partial charge in [-0.1, -0.05) is 0 Å². The summed E-state index contributed by atoms with van der Waals surface area (Å²) in [6, 6.07) is 3.79. The maximum atomic E-state index is 12.3.